The lowest BCUT2D eigenvalue weighted by atomic mass is 9.91. The van der Waals surface area contributed by atoms with Crippen molar-refractivity contribution in [1.29, 1.82) is 0 Å². The molecule has 0 bridgehead atoms. The Hall–Kier alpha value is -3.91. The van der Waals surface area contributed by atoms with Crippen molar-refractivity contribution in [2.75, 3.05) is 18.1 Å². The maximum absolute atomic E-state index is 13.3. The van der Waals surface area contributed by atoms with Crippen molar-refractivity contribution in [3.8, 4) is 17.2 Å². The predicted molar refractivity (Wildman–Crippen MR) is 125 cm³/mol. The Morgan fingerprint density at radius 1 is 1.18 bits per heavy atom. The van der Waals surface area contributed by atoms with E-state index in [1.807, 2.05) is 31.2 Å². The van der Waals surface area contributed by atoms with E-state index in [-0.39, 0.29) is 30.5 Å². The summed E-state index contributed by atoms with van der Waals surface area (Å²) in [5.74, 6) is -0.429. The van der Waals surface area contributed by atoms with E-state index in [0.29, 0.717) is 17.0 Å². The normalized spacial score (nSPS) is 16.0. The molecule has 3 aromatic rings. The van der Waals surface area contributed by atoms with Crippen LogP contribution in [0, 0.1) is 12.8 Å². The molecule has 1 aromatic carbocycles. The molecule has 0 fully saturated rings. The molecule has 0 saturated carbocycles. The van der Waals surface area contributed by atoms with Crippen LogP contribution in [0.1, 0.15) is 31.2 Å². The summed E-state index contributed by atoms with van der Waals surface area (Å²) in [5.41, 5.74) is 1.73. The highest BCUT2D eigenvalue weighted by Gasteiger charge is 2.46. The minimum absolute atomic E-state index is 0.00687. The number of benzene rings is 1. The number of carbonyl (C=O) groups excluding carboxylic acids is 2. The van der Waals surface area contributed by atoms with Crippen LogP contribution in [-0.4, -0.2) is 40.1 Å². The maximum Gasteiger partial charge on any atom is 0.294 e. The highest BCUT2D eigenvalue weighted by Crippen LogP contribution is 2.44. The van der Waals surface area contributed by atoms with Gasteiger partial charge in [-0.3, -0.25) is 14.5 Å². The molecule has 2 N–H and O–H groups in total. The van der Waals surface area contributed by atoms with Crippen LogP contribution in [0.5, 0.6) is 5.88 Å². The summed E-state index contributed by atoms with van der Waals surface area (Å²) in [6, 6.07) is 13.2. The summed E-state index contributed by atoms with van der Waals surface area (Å²) in [6.45, 7) is 5.04. The average molecular weight is 463 g/mol. The number of pyridine rings is 1. The average Bonchev–Trinajstić information content (AvgIpc) is 3.38. The molecule has 1 amide bonds. The smallest absolute Gasteiger partial charge is 0.294 e. The molecule has 0 spiro atoms. The van der Waals surface area contributed by atoms with Gasteiger partial charge in [-0.15, -0.1) is 0 Å². The quantitative estimate of drug-likeness (QED) is 0.517. The molecule has 8 nitrogen and oxygen atoms in total. The van der Waals surface area contributed by atoms with E-state index in [1.165, 1.54) is 11.1 Å². The molecule has 3 heterocycles. The SMILES string of the molecule is Cc1ccc(-c2ccc(N3C(=O)C(O)=C(C(=O)C(C)C)C3c3cccnc3OCCO)cc2)o1. The van der Waals surface area contributed by atoms with Crippen molar-refractivity contribution >= 4 is 17.4 Å². The number of hydrogen-bond acceptors (Lipinski definition) is 7. The van der Waals surface area contributed by atoms with E-state index in [0.717, 1.165) is 11.3 Å². The molecule has 1 atom stereocenters. The minimum atomic E-state index is -0.943. The van der Waals surface area contributed by atoms with Crippen molar-refractivity contribution in [2.24, 2.45) is 5.92 Å². The number of aliphatic hydroxyl groups is 2. The Labute approximate surface area is 197 Å². The highest BCUT2D eigenvalue weighted by atomic mass is 16.5. The molecule has 1 aliphatic heterocycles. The number of anilines is 1. The Morgan fingerprint density at radius 3 is 2.53 bits per heavy atom. The van der Waals surface area contributed by atoms with Gasteiger partial charge < -0.3 is 19.4 Å². The van der Waals surface area contributed by atoms with Crippen molar-refractivity contribution in [3.05, 3.63) is 77.4 Å². The number of aromatic nitrogens is 1. The first-order valence-corrected chi connectivity index (χ1v) is 11.0. The number of carbonyl (C=O) groups is 2. The third kappa shape index (κ3) is 4.20. The van der Waals surface area contributed by atoms with E-state index >= 15 is 0 Å². The summed E-state index contributed by atoms with van der Waals surface area (Å²) in [4.78, 5) is 32.0. The van der Waals surface area contributed by atoms with E-state index in [1.54, 1.807) is 38.1 Å². The molecule has 1 aliphatic rings. The molecule has 2 aromatic heterocycles. The minimum Gasteiger partial charge on any atom is -0.503 e. The second kappa shape index (κ2) is 9.52. The Bertz CT molecular complexity index is 1240. The summed E-state index contributed by atoms with van der Waals surface area (Å²) >= 11 is 0. The summed E-state index contributed by atoms with van der Waals surface area (Å²) in [6.07, 6.45) is 1.52. The third-order valence-corrected chi connectivity index (χ3v) is 5.59. The van der Waals surface area contributed by atoms with Crippen LogP contribution in [0.25, 0.3) is 11.3 Å². The number of nitrogens with zero attached hydrogens (tertiary/aromatic N) is 2. The number of furan rings is 1. The van der Waals surface area contributed by atoms with Crippen LogP contribution in [0.15, 0.2) is 70.5 Å². The second-order valence-corrected chi connectivity index (χ2v) is 8.29. The number of aliphatic hydroxyl groups excluding tert-OH is 2. The standard InChI is InChI=1S/C26H26N2O6/c1-15(2)23(30)21-22(19-5-4-12-27-25(19)33-14-13-29)28(26(32)24(21)31)18-9-7-17(8-10-18)20-11-6-16(3)34-20/h4-12,15,22,29,31H,13-14H2,1-3H3. The van der Waals surface area contributed by atoms with Crippen LogP contribution < -0.4 is 9.64 Å². The largest absolute Gasteiger partial charge is 0.503 e. The lowest BCUT2D eigenvalue weighted by molar-refractivity contribution is -0.119. The second-order valence-electron chi connectivity index (χ2n) is 8.29. The fourth-order valence-electron chi connectivity index (χ4n) is 3.98. The molecule has 4 rings (SSSR count). The van der Waals surface area contributed by atoms with Crippen molar-refractivity contribution in [3.63, 3.8) is 0 Å². The van der Waals surface area contributed by atoms with Gasteiger partial charge in [0.05, 0.1) is 12.2 Å². The van der Waals surface area contributed by atoms with Crippen LogP contribution in [-0.2, 0) is 9.59 Å². The van der Waals surface area contributed by atoms with E-state index < -0.39 is 23.6 Å². The van der Waals surface area contributed by atoms with E-state index in [4.69, 9.17) is 9.15 Å². The number of amides is 1. The number of rotatable bonds is 8. The summed E-state index contributed by atoms with van der Waals surface area (Å²) in [7, 11) is 0. The molecule has 1 unspecified atom stereocenters. The number of hydrogen-bond donors (Lipinski definition) is 2. The van der Waals surface area contributed by atoms with Crippen LogP contribution >= 0.6 is 0 Å². The first kappa shape index (κ1) is 23.3. The monoisotopic (exact) mass is 462 g/mol. The van der Waals surface area contributed by atoms with Crippen LogP contribution in [0.3, 0.4) is 0 Å². The number of ether oxygens (including phenoxy) is 1. The van der Waals surface area contributed by atoms with E-state index in [2.05, 4.69) is 4.98 Å². The molecular weight excluding hydrogens is 436 g/mol. The molecule has 176 valence electrons. The summed E-state index contributed by atoms with van der Waals surface area (Å²) in [5, 5.41) is 20.0. The van der Waals surface area contributed by atoms with Gasteiger partial charge in [0.15, 0.2) is 11.5 Å². The molecule has 34 heavy (non-hydrogen) atoms. The van der Waals surface area contributed by atoms with Crippen LogP contribution in [0.4, 0.5) is 5.69 Å². The Kier molecular flexibility index (Phi) is 6.51. The van der Waals surface area contributed by atoms with Crippen molar-refractivity contribution in [1.82, 2.24) is 4.98 Å². The summed E-state index contributed by atoms with van der Waals surface area (Å²) < 4.78 is 11.3. The molecule has 8 heteroatoms. The number of ketones is 1. The van der Waals surface area contributed by atoms with Gasteiger partial charge in [-0.05, 0) is 55.5 Å². The zero-order valence-electron chi connectivity index (χ0n) is 19.2. The third-order valence-electron chi connectivity index (χ3n) is 5.59. The number of Topliss-reactive ketones (excluding diaryl/α,β-unsaturated/α-hetero) is 1. The van der Waals surface area contributed by atoms with Gasteiger partial charge in [0.25, 0.3) is 5.91 Å². The molecular formula is C26H26N2O6. The zero-order chi connectivity index (χ0) is 24.4. The zero-order valence-corrected chi connectivity index (χ0v) is 19.2. The number of aryl methyl sites for hydroxylation is 1. The lowest BCUT2D eigenvalue weighted by Gasteiger charge is -2.28. The van der Waals surface area contributed by atoms with Crippen molar-refractivity contribution < 1.29 is 29.0 Å². The molecule has 0 radical (unpaired) electrons. The fourth-order valence-corrected chi connectivity index (χ4v) is 3.98. The first-order valence-electron chi connectivity index (χ1n) is 11.0. The Balaban J connectivity index is 1.82. The molecule has 0 aliphatic carbocycles. The maximum atomic E-state index is 13.3. The van der Waals surface area contributed by atoms with Crippen LogP contribution in [0.2, 0.25) is 0 Å². The van der Waals surface area contributed by atoms with Crippen molar-refractivity contribution in [2.45, 2.75) is 26.8 Å². The first-order chi connectivity index (χ1) is 16.3. The van der Waals surface area contributed by atoms with Gasteiger partial charge in [0.1, 0.15) is 24.2 Å². The van der Waals surface area contributed by atoms with Gasteiger partial charge >= 0.3 is 0 Å². The van der Waals surface area contributed by atoms with E-state index in [9.17, 15) is 19.8 Å². The fraction of sp³-hybridized carbons (Fsp3) is 0.269. The highest BCUT2D eigenvalue weighted by molar-refractivity contribution is 6.17. The Morgan fingerprint density at radius 2 is 1.91 bits per heavy atom. The van der Waals surface area contributed by atoms with Gasteiger partial charge in [-0.1, -0.05) is 13.8 Å². The lowest BCUT2D eigenvalue weighted by Crippen LogP contribution is -2.32. The van der Waals surface area contributed by atoms with Gasteiger partial charge in [-0.25, -0.2) is 4.98 Å². The van der Waals surface area contributed by atoms with Gasteiger partial charge in [0.2, 0.25) is 5.88 Å². The van der Waals surface area contributed by atoms with Gasteiger partial charge in [0, 0.05) is 28.9 Å². The topological polar surface area (TPSA) is 113 Å². The van der Waals surface area contributed by atoms with Gasteiger partial charge in [-0.2, -0.15) is 0 Å². The molecule has 0 saturated heterocycles. The predicted octanol–water partition coefficient (Wildman–Crippen LogP) is 4.15.